The van der Waals surface area contributed by atoms with Crippen LogP contribution in [-0.2, 0) is 4.79 Å². The average molecular weight is 291 g/mol. The van der Waals surface area contributed by atoms with Gasteiger partial charge in [-0.2, -0.15) is 5.26 Å². The van der Waals surface area contributed by atoms with E-state index in [2.05, 4.69) is 10.6 Å². The van der Waals surface area contributed by atoms with Crippen molar-refractivity contribution in [2.45, 2.75) is 0 Å². The number of benzene rings is 1. The Balaban J connectivity index is 2.08. The van der Waals surface area contributed by atoms with E-state index >= 15 is 0 Å². The molecule has 20 heavy (non-hydrogen) atoms. The summed E-state index contributed by atoms with van der Waals surface area (Å²) in [5.74, 6) is -0.445. The van der Waals surface area contributed by atoms with Gasteiger partial charge >= 0.3 is 0 Å². The lowest BCUT2D eigenvalue weighted by Gasteiger charge is -2.26. The first-order chi connectivity index (χ1) is 9.70. The van der Waals surface area contributed by atoms with E-state index < -0.39 is 5.91 Å². The SMILES string of the molecule is N#C/C(=C/N1CCNCC1)C(=O)Nc1ccccc1Cl. The molecule has 1 fully saturated rings. The Hall–Kier alpha value is -2.03. The molecule has 0 saturated carbocycles. The Morgan fingerprint density at radius 3 is 2.75 bits per heavy atom. The molecule has 104 valence electrons. The molecule has 0 unspecified atom stereocenters. The third-order valence-electron chi connectivity index (χ3n) is 2.95. The first-order valence-electron chi connectivity index (χ1n) is 6.33. The number of piperazine rings is 1. The Kier molecular flexibility index (Phi) is 4.99. The standard InChI is InChI=1S/C14H15ClN4O/c15-12-3-1-2-4-13(12)18-14(20)11(9-16)10-19-7-5-17-6-8-19/h1-4,10,17H,5-8H2,(H,18,20)/b11-10-. The van der Waals surface area contributed by atoms with Gasteiger partial charge < -0.3 is 15.5 Å². The second-order valence-corrected chi connectivity index (χ2v) is 4.78. The molecule has 2 N–H and O–H groups in total. The molecular formula is C14H15ClN4O. The van der Waals surface area contributed by atoms with Crippen LogP contribution in [0.1, 0.15) is 0 Å². The highest BCUT2D eigenvalue weighted by Gasteiger charge is 2.14. The molecule has 0 radical (unpaired) electrons. The van der Waals surface area contributed by atoms with Crippen LogP contribution in [-0.4, -0.2) is 37.0 Å². The fourth-order valence-electron chi connectivity index (χ4n) is 1.88. The normalized spacial score (nSPS) is 15.6. The maximum absolute atomic E-state index is 12.1. The third kappa shape index (κ3) is 3.73. The molecule has 0 spiro atoms. The van der Waals surface area contributed by atoms with Gasteiger partial charge in [0, 0.05) is 32.4 Å². The zero-order valence-corrected chi connectivity index (χ0v) is 11.7. The van der Waals surface area contributed by atoms with Crippen molar-refractivity contribution < 1.29 is 4.79 Å². The van der Waals surface area contributed by atoms with Gasteiger partial charge in [0.15, 0.2) is 0 Å². The quantitative estimate of drug-likeness (QED) is 0.655. The van der Waals surface area contributed by atoms with Crippen LogP contribution in [0.15, 0.2) is 36.0 Å². The first kappa shape index (κ1) is 14.4. The second kappa shape index (κ2) is 6.94. The summed E-state index contributed by atoms with van der Waals surface area (Å²) in [7, 11) is 0. The van der Waals surface area contributed by atoms with Gasteiger partial charge in [-0.3, -0.25) is 4.79 Å². The summed E-state index contributed by atoms with van der Waals surface area (Å²) in [4.78, 5) is 14.0. The van der Waals surface area contributed by atoms with E-state index in [0.29, 0.717) is 10.7 Å². The second-order valence-electron chi connectivity index (χ2n) is 4.37. The zero-order chi connectivity index (χ0) is 14.4. The van der Waals surface area contributed by atoms with Gasteiger partial charge in [0.25, 0.3) is 5.91 Å². The highest BCUT2D eigenvalue weighted by Crippen LogP contribution is 2.21. The number of nitrogens with one attached hydrogen (secondary N) is 2. The number of carbonyl (C=O) groups is 1. The van der Waals surface area contributed by atoms with Crippen LogP contribution in [0.4, 0.5) is 5.69 Å². The molecule has 0 aliphatic carbocycles. The monoisotopic (exact) mass is 290 g/mol. The molecule has 1 aliphatic heterocycles. The summed E-state index contributed by atoms with van der Waals surface area (Å²) >= 11 is 5.97. The predicted octanol–water partition coefficient (Wildman–Crippen LogP) is 1.59. The minimum Gasteiger partial charge on any atom is -0.374 e. The summed E-state index contributed by atoms with van der Waals surface area (Å²) in [6.07, 6.45) is 1.60. The van der Waals surface area contributed by atoms with E-state index in [1.165, 1.54) is 0 Å². The fraction of sp³-hybridized carbons (Fsp3) is 0.286. The number of nitriles is 1. The van der Waals surface area contributed by atoms with Crippen LogP contribution in [0.3, 0.4) is 0 Å². The van der Waals surface area contributed by atoms with Crippen molar-refractivity contribution in [2.75, 3.05) is 31.5 Å². The van der Waals surface area contributed by atoms with Gasteiger partial charge in [-0.25, -0.2) is 0 Å². The van der Waals surface area contributed by atoms with Crippen molar-refractivity contribution in [2.24, 2.45) is 0 Å². The van der Waals surface area contributed by atoms with Crippen molar-refractivity contribution in [3.8, 4) is 6.07 Å². The molecule has 1 aliphatic rings. The lowest BCUT2D eigenvalue weighted by molar-refractivity contribution is -0.112. The highest BCUT2D eigenvalue weighted by molar-refractivity contribution is 6.33. The fourth-order valence-corrected chi connectivity index (χ4v) is 2.07. The number of hydrogen-bond donors (Lipinski definition) is 2. The van der Waals surface area contributed by atoms with Crippen molar-refractivity contribution >= 4 is 23.2 Å². The lowest BCUT2D eigenvalue weighted by Crippen LogP contribution is -2.41. The maximum atomic E-state index is 12.1. The Bertz CT molecular complexity index is 559. The Morgan fingerprint density at radius 1 is 1.40 bits per heavy atom. The number of rotatable bonds is 3. The lowest BCUT2D eigenvalue weighted by atomic mass is 10.2. The van der Waals surface area contributed by atoms with Gasteiger partial charge in [-0.15, -0.1) is 0 Å². The van der Waals surface area contributed by atoms with Crippen molar-refractivity contribution in [1.29, 1.82) is 5.26 Å². The van der Waals surface area contributed by atoms with Crippen LogP contribution in [0.2, 0.25) is 5.02 Å². The molecule has 1 saturated heterocycles. The molecule has 2 rings (SSSR count). The van der Waals surface area contributed by atoms with Gasteiger partial charge in [0.05, 0.1) is 10.7 Å². The smallest absolute Gasteiger partial charge is 0.267 e. The van der Waals surface area contributed by atoms with Gasteiger partial charge in [-0.05, 0) is 12.1 Å². The van der Waals surface area contributed by atoms with Crippen molar-refractivity contribution in [3.63, 3.8) is 0 Å². The number of hydrogen-bond acceptors (Lipinski definition) is 4. The summed E-state index contributed by atoms with van der Waals surface area (Å²) in [6, 6.07) is 8.86. The summed E-state index contributed by atoms with van der Waals surface area (Å²) in [5.41, 5.74) is 0.576. The van der Waals surface area contributed by atoms with Gasteiger partial charge in [-0.1, -0.05) is 23.7 Å². The Labute approximate surface area is 122 Å². The third-order valence-corrected chi connectivity index (χ3v) is 3.28. The molecule has 1 heterocycles. The molecule has 1 aromatic carbocycles. The largest absolute Gasteiger partial charge is 0.374 e. The average Bonchev–Trinajstić information content (AvgIpc) is 2.48. The first-order valence-corrected chi connectivity index (χ1v) is 6.71. The minimum atomic E-state index is -0.445. The molecular weight excluding hydrogens is 276 g/mol. The molecule has 5 nitrogen and oxygen atoms in total. The van der Waals surface area contributed by atoms with E-state index in [0.717, 1.165) is 26.2 Å². The van der Waals surface area contributed by atoms with Crippen LogP contribution >= 0.6 is 11.6 Å². The van der Waals surface area contributed by atoms with Gasteiger partial charge in [0.1, 0.15) is 11.6 Å². The van der Waals surface area contributed by atoms with E-state index in [-0.39, 0.29) is 5.57 Å². The number of nitrogens with zero attached hydrogens (tertiary/aromatic N) is 2. The molecule has 0 atom stereocenters. The molecule has 6 heteroatoms. The van der Waals surface area contributed by atoms with E-state index in [4.69, 9.17) is 16.9 Å². The predicted molar refractivity (Wildman–Crippen MR) is 78.2 cm³/mol. The number of carbonyl (C=O) groups excluding carboxylic acids is 1. The Morgan fingerprint density at radius 2 is 2.10 bits per heavy atom. The number of para-hydroxylation sites is 1. The topological polar surface area (TPSA) is 68.2 Å². The zero-order valence-electron chi connectivity index (χ0n) is 10.9. The van der Waals surface area contributed by atoms with Gasteiger partial charge in [0.2, 0.25) is 0 Å². The van der Waals surface area contributed by atoms with Crippen LogP contribution < -0.4 is 10.6 Å². The number of halogens is 1. The minimum absolute atomic E-state index is 0.0758. The highest BCUT2D eigenvalue weighted by atomic mass is 35.5. The van der Waals surface area contributed by atoms with Crippen LogP contribution in [0, 0.1) is 11.3 Å². The maximum Gasteiger partial charge on any atom is 0.267 e. The van der Waals surface area contributed by atoms with E-state index in [9.17, 15) is 4.79 Å². The van der Waals surface area contributed by atoms with E-state index in [1.54, 1.807) is 30.5 Å². The summed E-state index contributed by atoms with van der Waals surface area (Å²) in [6.45, 7) is 3.26. The molecule has 0 bridgehead atoms. The molecule has 1 aromatic rings. The van der Waals surface area contributed by atoms with Crippen LogP contribution in [0.25, 0.3) is 0 Å². The van der Waals surface area contributed by atoms with Crippen molar-refractivity contribution in [1.82, 2.24) is 10.2 Å². The molecule has 1 amide bonds. The number of anilines is 1. The summed E-state index contributed by atoms with van der Waals surface area (Å²) < 4.78 is 0. The van der Waals surface area contributed by atoms with Crippen molar-refractivity contribution in [3.05, 3.63) is 41.1 Å². The van der Waals surface area contributed by atoms with Crippen LogP contribution in [0.5, 0.6) is 0 Å². The summed E-state index contributed by atoms with van der Waals surface area (Å²) in [5, 5.41) is 15.4. The number of amides is 1. The molecule has 0 aromatic heterocycles. The van der Waals surface area contributed by atoms with E-state index in [1.807, 2.05) is 11.0 Å².